The number of nitrogens with one attached hydrogen (secondary N) is 2. The summed E-state index contributed by atoms with van der Waals surface area (Å²) < 4.78 is 0. The smallest absolute Gasteiger partial charge is 0.269 e. The number of benzene rings is 1. The van der Waals surface area contributed by atoms with Crippen molar-refractivity contribution in [2.45, 2.75) is 40.0 Å². The standard InChI is InChI=1S/C18H26N2O4/c1-12(2)9-10-15(18(23)24)13(3)11-16(21)19-20-17(22)14-7-5-4-6-8-14/h4-8,12-13,15H,9-11H2,1-3H3,(H,19,21)(H,20,22)(H,23,24)/p-1/t13-,15+/m1/s1. The molecule has 0 bridgehead atoms. The van der Waals surface area contributed by atoms with Crippen molar-refractivity contribution < 1.29 is 19.5 Å². The molecule has 24 heavy (non-hydrogen) atoms. The number of amides is 2. The number of hydrazine groups is 1. The molecule has 2 atom stereocenters. The molecule has 1 aromatic carbocycles. The number of carbonyl (C=O) groups excluding carboxylic acids is 3. The second-order valence-corrected chi connectivity index (χ2v) is 6.45. The van der Waals surface area contributed by atoms with Gasteiger partial charge in [0.25, 0.3) is 5.91 Å². The monoisotopic (exact) mass is 333 g/mol. The molecule has 0 spiro atoms. The summed E-state index contributed by atoms with van der Waals surface area (Å²) >= 11 is 0. The predicted molar refractivity (Wildman–Crippen MR) is 88.4 cm³/mol. The van der Waals surface area contributed by atoms with Crippen LogP contribution in [-0.4, -0.2) is 17.8 Å². The molecule has 0 heterocycles. The van der Waals surface area contributed by atoms with Gasteiger partial charge in [0.1, 0.15) is 0 Å². The SMILES string of the molecule is CC(C)CC[C@H](C(=O)[O-])[C@H](C)CC(=O)NNC(=O)c1ccccc1. The summed E-state index contributed by atoms with van der Waals surface area (Å²) in [7, 11) is 0. The molecule has 2 N–H and O–H groups in total. The molecule has 132 valence electrons. The second kappa shape index (κ2) is 9.70. The van der Waals surface area contributed by atoms with Crippen LogP contribution >= 0.6 is 0 Å². The van der Waals surface area contributed by atoms with Gasteiger partial charge in [-0.3, -0.25) is 20.4 Å². The summed E-state index contributed by atoms with van der Waals surface area (Å²) in [5, 5.41) is 11.3. The van der Waals surface area contributed by atoms with Gasteiger partial charge in [0.05, 0.1) is 0 Å². The molecule has 6 nitrogen and oxygen atoms in total. The predicted octanol–water partition coefficient (Wildman–Crippen LogP) is 1.28. The summed E-state index contributed by atoms with van der Waals surface area (Å²) in [6.45, 7) is 5.74. The van der Waals surface area contributed by atoms with Crippen LogP contribution in [0.15, 0.2) is 30.3 Å². The zero-order chi connectivity index (χ0) is 18.1. The first-order valence-corrected chi connectivity index (χ1v) is 8.16. The van der Waals surface area contributed by atoms with Crippen molar-refractivity contribution in [2.24, 2.45) is 17.8 Å². The van der Waals surface area contributed by atoms with E-state index < -0.39 is 23.7 Å². The minimum atomic E-state index is -1.13. The van der Waals surface area contributed by atoms with Gasteiger partial charge in [-0.25, -0.2) is 0 Å². The summed E-state index contributed by atoms with van der Waals surface area (Å²) in [4.78, 5) is 35.0. The van der Waals surface area contributed by atoms with E-state index in [9.17, 15) is 19.5 Å². The average Bonchev–Trinajstić information content (AvgIpc) is 2.52. The molecule has 0 radical (unpaired) electrons. The van der Waals surface area contributed by atoms with E-state index in [4.69, 9.17) is 0 Å². The van der Waals surface area contributed by atoms with Crippen LogP contribution in [0.4, 0.5) is 0 Å². The maximum Gasteiger partial charge on any atom is 0.269 e. The first kappa shape index (κ1) is 19.7. The molecule has 2 amide bonds. The normalized spacial score (nSPS) is 13.2. The Morgan fingerprint density at radius 3 is 2.17 bits per heavy atom. The Hall–Kier alpha value is -2.37. The summed E-state index contributed by atoms with van der Waals surface area (Å²) in [5.74, 6) is -2.65. The molecule has 0 aromatic heterocycles. The first-order chi connectivity index (χ1) is 11.3. The van der Waals surface area contributed by atoms with Crippen molar-refractivity contribution in [1.82, 2.24) is 10.9 Å². The van der Waals surface area contributed by atoms with Crippen LogP contribution in [0, 0.1) is 17.8 Å². The molecule has 0 fully saturated rings. The van der Waals surface area contributed by atoms with Crippen LogP contribution in [0.2, 0.25) is 0 Å². The Balaban J connectivity index is 2.47. The van der Waals surface area contributed by atoms with Gasteiger partial charge >= 0.3 is 0 Å². The molecule has 0 aliphatic carbocycles. The Morgan fingerprint density at radius 1 is 1.00 bits per heavy atom. The van der Waals surface area contributed by atoms with Crippen molar-refractivity contribution in [3.8, 4) is 0 Å². The maximum absolute atomic E-state index is 11.9. The lowest BCUT2D eigenvalue weighted by molar-refractivity contribution is -0.313. The van der Waals surface area contributed by atoms with E-state index in [0.717, 1.165) is 6.42 Å². The molecular weight excluding hydrogens is 308 g/mol. The number of aliphatic carboxylic acids is 1. The highest BCUT2D eigenvalue weighted by Gasteiger charge is 2.21. The zero-order valence-corrected chi connectivity index (χ0v) is 14.4. The lowest BCUT2D eigenvalue weighted by Crippen LogP contribution is -2.43. The lowest BCUT2D eigenvalue weighted by Gasteiger charge is -2.25. The fourth-order valence-electron chi connectivity index (χ4n) is 2.42. The number of carbonyl (C=O) groups is 3. The fraction of sp³-hybridized carbons (Fsp3) is 0.500. The molecule has 0 saturated heterocycles. The number of hydrogen-bond donors (Lipinski definition) is 2. The van der Waals surface area contributed by atoms with Crippen molar-refractivity contribution in [3.05, 3.63) is 35.9 Å². The third-order valence-corrected chi connectivity index (χ3v) is 3.90. The highest BCUT2D eigenvalue weighted by Crippen LogP contribution is 2.22. The quantitative estimate of drug-likeness (QED) is 0.700. The minimum Gasteiger partial charge on any atom is -0.550 e. The molecular formula is C18H25N2O4-. The largest absolute Gasteiger partial charge is 0.550 e. The summed E-state index contributed by atoms with van der Waals surface area (Å²) in [5.41, 5.74) is 5.07. The highest BCUT2D eigenvalue weighted by molar-refractivity contribution is 5.95. The summed E-state index contributed by atoms with van der Waals surface area (Å²) in [6, 6.07) is 8.48. The molecule has 6 heteroatoms. The van der Waals surface area contributed by atoms with Crippen molar-refractivity contribution in [2.75, 3.05) is 0 Å². The van der Waals surface area contributed by atoms with Crippen molar-refractivity contribution >= 4 is 17.8 Å². The zero-order valence-electron chi connectivity index (χ0n) is 14.4. The van der Waals surface area contributed by atoms with Crippen LogP contribution in [0.25, 0.3) is 0 Å². The van der Waals surface area contributed by atoms with E-state index in [0.29, 0.717) is 17.9 Å². The van der Waals surface area contributed by atoms with Crippen LogP contribution in [0.5, 0.6) is 0 Å². The number of hydrogen-bond acceptors (Lipinski definition) is 4. The Bertz CT molecular complexity index is 557. The molecule has 0 aliphatic heterocycles. The van der Waals surface area contributed by atoms with E-state index in [2.05, 4.69) is 10.9 Å². The minimum absolute atomic E-state index is 0.00577. The number of rotatable bonds is 8. The van der Waals surface area contributed by atoms with Gasteiger partial charge < -0.3 is 9.90 Å². The second-order valence-electron chi connectivity index (χ2n) is 6.45. The molecule has 0 unspecified atom stereocenters. The van der Waals surface area contributed by atoms with Gasteiger partial charge in [-0.15, -0.1) is 0 Å². The van der Waals surface area contributed by atoms with Gasteiger partial charge in [-0.1, -0.05) is 45.4 Å². The van der Waals surface area contributed by atoms with Crippen LogP contribution in [0.3, 0.4) is 0 Å². The fourth-order valence-corrected chi connectivity index (χ4v) is 2.42. The topological polar surface area (TPSA) is 98.3 Å². The van der Waals surface area contributed by atoms with Gasteiger partial charge in [-0.05, 0) is 30.4 Å². The van der Waals surface area contributed by atoms with Crippen LogP contribution < -0.4 is 16.0 Å². The number of carboxylic acids is 1. The lowest BCUT2D eigenvalue weighted by atomic mass is 9.85. The Morgan fingerprint density at radius 2 is 1.62 bits per heavy atom. The van der Waals surface area contributed by atoms with Crippen LogP contribution in [0.1, 0.15) is 50.4 Å². The van der Waals surface area contributed by atoms with Crippen molar-refractivity contribution in [1.29, 1.82) is 0 Å². The van der Waals surface area contributed by atoms with Gasteiger partial charge in [0.15, 0.2) is 0 Å². The molecule has 0 aliphatic rings. The van der Waals surface area contributed by atoms with Gasteiger partial charge in [0.2, 0.25) is 5.91 Å². The maximum atomic E-state index is 11.9. The molecule has 1 rings (SSSR count). The third-order valence-electron chi connectivity index (χ3n) is 3.90. The third kappa shape index (κ3) is 6.81. The Kier molecular flexibility index (Phi) is 7.95. The summed E-state index contributed by atoms with van der Waals surface area (Å²) in [6.07, 6.45) is 1.24. The molecule has 1 aromatic rings. The van der Waals surface area contributed by atoms with Crippen LogP contribution in [-0.2, 0) is 9.59 Å². The van der Waals surface area contributed by atoms with E-state index in [1.54, 1.807) is 37.3 Å². The van der Waals surface area contributed by atoms with E-state index in [1.165, 1.54) is 0 Å². The van der Waals surface area contributed by atoms with Gasteiger partial charge in [0, 0.05) is 23.9 Å². The average molecular weight is 333 g/mol. The Labute approximate surface area is 142 Å². The highest BCUT2D eigenvalue weighted by atomic mass is 16.4. The molecule has 0 saturated carbocycles. The first-order valence-electron chi connectivity index (χ1n) is 8.16. The van der Waals surface area contributed by atoms with Crippen molar-refractivity contribution in [3.63, 3.8) is 0 Å². The van der Waals surface area contributed by atoms with E-state index >= 15 is 0 Å². The number of carboxylic acid groups (broad SMARTS) is 1. The van der Waals surface area contributed by atoms with E-state index in [1.807, 2.05) is 13.8 Å². The van der Waals surface area contributed by atoms with E-state index in [-0.39, 0.29) is 12.3 Å². The van der Waals surface area contributed by atoms with Gasteiger partial charge in [-0.2, -0.15) is 0 Å².